The van der Waals surface area contributed by atoms with Gasteiger partial charge in [-0.05, 0) is 50.9 Å². The molecule has 0 fully saturated rings. The Labute approximate surface area is 127 Å². The molecule has 0 amide bonds. The van der Waals surface area contributed by atoms with E-state index in [1.165, 1.54) is 12.1 Å². The van der Waals surface area contributed by atoms with Crippen molar-refractivity contribution in [1.82, 2.24) is 5.32 Å². The van der Waals surface area contributed by atoms with Gasteiger partial charge in [-0.2, -0.15) is 0 Å². The molecule has 0 aliphatic carbocycles. The molecule has 0 aliphatic heterocycles. The zero-order valence-electron chi connectivity index (χ0n) is 13.6. The van der Waals surface area contributed by atoms with Crippen molar-refractivity contribution in [2.75, 3.05) is 13.2 Å². The molecule has 21 heavy (non-hydrogen) atoms. The third kappa shape index (κ3) is 5.29. The van der Waals surface area contributed by atoms with E-state index >= 15 is 0 Å². The van der Waals surface area contributed by atoms with Crippen LogP contribution in [0.1, 0.15) is 58.6 Å². The molecule has 0 saturated heterocycles. The summed E-state index contributed by atoms with van der Waals surface area (Å²) < 4.78 is 19.3. The molecule has 1 unspecified atom stereocenters. The fourth-order valence-corrected chi connectivity index (χ4v) is 2.13. The summed E-state index contributed by atoms with van der Waals surface area (Å²) in [6.07, 6.45) is 2.27. The molecule has 1 rings (SSSR count). The predicted molar refractivity (Wildman–Crippen MR) is 84.1 cm³/mol. The van der Waals surface area contributed by atoms with Gasteiger partial charge in [-0.25, -0.2) is 4.39 Å². The summed E-state index contributed by atoms with van der Waals surface area (Å²) >= 11 is 0. The summed E-state index contributed by atoms with van der Waals surface area (Å²) in [5.74, 6) is 0.358. The van der Waals surface area contributed by atoms with Crippen LogP contribution in [0.25, 0.3) is 0 Å². The summed E-state index contributed by atoms with van der Waals surface area (Å²) in [6.45, 7) is 9.03. The Morgan fingerprint density at radius 1 is 1.29 bits per heavy atom. The summed E-state index contributed by atoms with van der Waals surface area (Å²) in [7, 11) is 0. The number of ether oxygens (including phenoxy) is 1. The topological polar surface area (TPSA) is 41.5 Å². The van der Waals surface area contributed by atoms with Crippen LogP contribution in [-0.4, -0.2) is 23.9 Å². The van der Waals surface area contributed by atoms with Crippen LogP contribution in [-0.2, 0) is 0 Å². The van der Waals surface area contributed by atoms with E-state index in [2.05, 4.69) is 12.2 Å². The fourth-order valence-electron chi connectivity index (χ4n) is 2.13. The summed E-state index contributed by atoms with van der Waals surface area (Å²) in [4.78, 5) is 0. The van der Waals surface area contributed by atoms with Gasteiger partial charge in [-0.3, -0.25) is 0 Å². The normalized spacial score (nSPS) is 13.2. The third-order valence-electron chi connectivity index (χ3n) is 3.95. The van der Waals surface area contributed by atoms with Crippen molar-refractivity contribution < 1.29 is 14.2 Å². The van der Waals surface area contributed by atoms with Gasteiger partial charge in [-0.1, -0.05) is 20.8 Å². The number of hydrogen-bond donors (Lipinski definition) is 2. The van der Waals surface area contributed by atoms with Crippen molar-refractivity contribution >= 4 is 0 Å². The van der Waals surface area contributed by atoms with E-state index in [4.69, 9.17) is 4.74 Å². The first-order chi connectivity index (χ1) is 9.95. The van der Waals surface area contributed by atoms with Crippen LogP contribution in [0.5, 0.6) is 5.75 Å². The van der Waals surface area contributed by atoms with Crippen LogP contribution in [0.3, 0.4) is 0 Å². The summed E-state index contributed by atoms with van der Waals surface area (Å²) in [6, 6.07) is 4.54. The van der Waals surface area contributed by atoms with Crippen LogP contribution in [0.15, 0.2) is 18.2 Å². The van der Waals surface area contributed by atoms with E-state index in [1.54, 1.807) is 6.07 Å². The molecule has 2 N–H and O–H groups in total. The van der Waals surface area contributed by atoms with Gasteiger partial charge in [0.2, 0.25) is 0 Å². The number of hydrogen-bond acceptors (Lipinski definition) is 3. The average Bonchev–Trinajstić information content (AvgIpc) is 2.51. The Morgan fingerprint density at radius 3 is 2.52 bits per heavy atom. The van der Waals surface area contributed by atoms with Gasteiger partial charge in [0.15, 0.2) is 0 Å². The van der Waals surface area contributed by atoms with Gasteiger partial charge in [0, 0.05) is 11.6 Å². The number of nitrogens with one attached hydrogen (secondary N) is 1. The molecular weight excluding hydrogens is 269 g/mol. The van der Waals surface area contributed by atoms with Crippen molar-refractivity contribution in [3.8, 4) is 5.75 Å². The minimum atomic E-state index is -0.828. The van der Waals surface area contributed by atoms with Gasteiger partial charge in [-0.15, -0.1) is 0 Å². The van der Waals surface area contributed by atoms with Gasteiger partial charge in [0.05, 0.1) is 5.60 Å². The fraction of sp³-hybridized carbons (Fsp3) is 0.647. The molecule has 3 nitrogen and oxygen atoms in total. The zero-order valence-corrected chi connectivity index (χ0v) is 13.6. The Hall–Kier alpha value is -1.13. The maximum absolute atomic E-state index is 13.5. The molecule has 1 aromatic carbocycles. The van der Waals surface area contributed by atoms with E-state index in [0.717, 1.165) is 18.5 Å². The molecule has 0 spiro atoms. The lowest BCUT2D eigenvalue weighted by Gasteiger charge is -2.26. The van der Waals surface area contributed by atoms with E-state index < -0.39 is 5.60 Å². The SMILES string of the molecule is CCCNC(C)c1cc(F)ccc1OCC(O)(CC)CC. The zero-order chi connectivity index (χ0) is 15.9. The van der Waals surface area contributed by atoms with E-state index in [1.807, 2.05) is 20.8 Å². The quantitative estimate of drug-likeness (QED) is 0.728. The Balaban J connectivity index is 2.86. The summed E-state index contributed by atoms with van der Waals surface area (Å²) in [5, 5.41) is 13.6. The second-order valence-corrected chi connectivity index (χ2v) is 5.58. The molecular formula is C17H28FNO2. The molecule has 0 saturated carbocycles. The first-order valence-electron chi connectivity index (χ1n) is 7.83. The van der Waals surface area contributed by atoms with Gasteiger partial charge in [0.1, 0.15) is 18.2 Å². The number of rotatable bonds is 9. The Kier molecular flexibility index (Phi) is 7.12. The summed E-state index contributed by atoms with van der Waals surface area (Å²) in [5.41, 5.74) is -0.0378. The second-order valence-electron chi connectivity index (χ2n) is 5.58. The Bertz CT molecular complexity index is 433. The first kappa shape index (κ1) is 17.9. The van der Waals surface area contributed by atoms with Crippen molar-refractivity contribution in [3.63, 3.8) is 0 Å². The minimum Gasteiger partial charge on any atom is -0.490 e. The van der Waals surface area contributed by atoms with Gasteiger partial charge >= 0.3 is 0 Å². The Morgan fingerprint density at radius 2 is 1.95 bits per heavy atom. The molecule has 0 radical (unpaired) electrons. The lowest BCUT2D eigenvalue weighted by Crippen LogP contribution is -2.34. The first-order valence-corrected chi connectivity index (χ1v) is 7.83. The minimum absolute atomic E-state index is 0.00648. The van der Waals surface area contributed by atoms with Crippen LogP contribution in [0.2, 0.25) is 0 Å². The maximum Gasteiger partial charge on any atom is 0.124 e. The molecule has 1 aromatic rings. The highest BCUT2D eigenvalue weighted by Gasteiger charge is 2.24. The van der Waals surface area contributed by atoms with Crippen molar-refractivity contribution in [2.24, 2.45) is 0 Å². The highest BCUT2D eigenvalue weighted by atomic mass is 19.1. The van der Waals surface area contributed by atoms with Crippen molar-refractivity contribution in [1.29, 1.82) is 0 Å². The standard InChI is InChI=1S/C17H28FNO2/c1-5-10-19-13(4)15-11-14(18)8-9-16(15)21-12-17(20,6-2)7-3/h8-9,11,13,19-20H,5-7,10,12H2,1-4H3. The van der Waals surface area contributed by atoms with E-state index in [0.29, 0.717) is 18.6 Å². The molecule has 120 valence electrons. The lowest BCUT2D eigenvalue weighted by atomic mass is 9.99. The van der Waals surface area contributed by atoms with Crippen LogP contribution in [0, 0.1) is 5.82 Å². The molecule has 1 atom stereocenters. The maximum atomic E-state index is 13.5. The second kappa shape index (κ2) is 8.35. The average molecular weight is 297 g/mol. The predicted octanol–water partition coefficient (Wildman–Crippen LogP) is 3.82. The van der Waals surface area contributed by atoms with Crippen LogP contribution in [0.4, 0.5) is 4.39 Å². The lowest BCUT2D eigenvalue weighted by molar-refractivity contribution is -0.0117. The van der Waals surface area contributed by atoms with E-state index in [-0.39, 0.29) is 18.5 Å². The third-order valence-corrected chi connectivity index (χ3v) is 3.95. The van der Waals surface area contributed by atoms with Gasteiger partial charge < -0.3 is 15.2 Å². The highest BCUT2D eigenvalue weighted by Crippen LogP contribution is 2.27. The molecule has 0 aromatic heterocycles. The van der Waals surface area contributed by atoms with Crippen molar-refractivity contribution in [2.45, 2.75) is 58.6 Å². The molecule has 0 aliphatic rings. The van der Waals surface area contributed by atoms with Crippen molar-refractivity contribution in [3.05, 3.63) is 29.6 Å². The number of halogens is 1. The highest BCUT2D eigenvalue weighted by molar-refractivity contribution is 5.36. The van der Waals surface area contributed by atoms with Crippen LogP contribution >= 0.6 is 0 Å². The van der Waals surface area contributed by atoms with E-state index in [9.17, 15) is 9.50 Å². The molecule has 0 heterocycles. The van der Waals surface area contributed by atoms with Gasteiger partial charge in [0.25, 0.3) is 0 Å². The largest absolute Gasteiger partial charge is 0.490 e. The number of benzene rings is 1. The molecule has 0 bridgehead atoms. The van der Waals surface area contributed by atoms with Crippen LogP contribution < -0.4 is 10.1 Å². The molecule has 4 heteroatoms. The smallest absolute Gasteiger partial charge is 0.124 e. The number of aliphatic hydroxyl groups is 1. The monoisotopic (exact) mass is 297 g/mol.